The maximum Gasteiger partial charge on any atom is 0.310 e. The lowest BCUT2D eigenvalue weighted by atomic mass is 9.84. The van der Waals surface area contributed by atoms with Gasteiger partial charge in [0.2, 0.25) is 0 Å². The summed E-state index contributed by atoms with van der Waals surface area (Å²) in [5.41, 5.74) is 2.91. The lowest BCUT2D eigenvalue weighted by Crippen LogP contribution is -2.16. The predicted molar refractivity (Wildman–Crippen MR) is 78.2 cm³/mol. The van der Waals surface area contributed by atoms with Gasteiger partial charge in [-0.3, -0.25) is 4.79 Å². The molecule has 4 heteroatoms. The van der Waals surface area contributed by atoms with Crippen LogP contribution in [0.1, 0.15) is 37.5 Å². The number of rotatable bonds is 5. The molecule has 0 heterocycles. The highest BCUT2D eigenvalue weighted by Crippen LogP contribution is 2.35. The summed E-state index contributed by atoms with van der Waals surface area (Å²) in [7, 11) is 1.66. The highest BCUT2D eigenvalue weighted by molar-refractivity contribution is 5.73. The Morgan fingerprint density at radius 3 is 2.45 bits per heavy atom. The molecule has 0 amide bonds. The van der Waals surface area contributed by atoms with Crippen LogP contribution in [0.15, 0.2) is 12.1 Å². The Hall–Kier alpha value is -1.55. The average Bonchev–Trinajstić information content (AvgIpc) is 2.34. The number of aliphatic hydroxyl groups is 1. The number of hydrogen-bond acceptors (Lipinski definition) is 4. The fourth-order valence-corrected chi connectivity index (χ4v) is 2.16. The van der Waals surface area contributed by atoms with Crippen molar-refractivity contribution in [2.75, 3.05) is 20.3 Å². The van der Waals surface area contributed by atoms with E-state index >= 15 is 0 Å². The van der Waals surface area contributed by atoms with Gasteiger partial charge in [0.1, 0.15) is 12.4 Å². The average molecular weight is 280 g/mol. The van der Waals surface area contributed by atoms with Gasteiger partial charge in [-0.1, -0.05) is 32.9 Å². The number of carbonyl (C=O) groups is 1. The molecule has 0 aromatic heterocycles. The standard InChI is InChI=1S/C16H24O4/c1-11-8-12(10-14(18)20-7-6-17)9-13(15(11)19-5)16(2,3)4/h8-9,17H,6-7,10H2,1-5H3. The number of aryl methyl sites for hydroxylation is 1. The number of ether oxygens (including phenoxy) is 2. The Morgan fingerprint density at radius 1 is 1.30 bits per heavy atom. The molecule has 0 fully saturated rings. The Bertz CT molecular complexity index is 472. The van der Waals surface area contributed by atoms with E-state index in [-0.39, 0.29) is 31.0 Å². The fraction of sp³-hybridized carbons (Fsp3) is 0.562. The van der Waals surface area contributed by atoms with Crippen LogP contribution < -0.4 is 4.74 Å². The summed E-state index contributed by atoms with van der Waals surface area (Å²) in [5, 5.41) is 8.65. The summed E-state index contributed by atoms with van der Waals surface area (Å²) < 4.78 is 10.4. The smallest absolute Gasteiger partial charge is 0.310 e. The van der Waals surface area contributed by atoms with E-state index in [0.29, 0.717) is 0 Å². The van der Waals surface area contributed by atoms with Gasteiger partial charge in [0, 0.05) is 5.56 Å². The van der Waals surface area contributed by atoms with E-state index < -0.39 is 0 Å². The van der Waals surface area contributed by atoms with Gasteiger partial charge in [0.25, 0.3) is 0 Å². The second-order valence-corrected chi connectivity index (χ2v) is 5.86. The number of carbonyl (C=O) groups excluding carboxylic acids is 1. The zero-order valence-electron chi connectivity index (χ0n) is 12.9. The van der Waals surface area contributed by atoms with Gasteiger partial charge in [-0.2, -0.15) is 0 Å². The molecular formula is C16H24O4. The van der Waals surface area contributed by atoms with E-state index in [0.717, 1.165) is 22.4 Å². The van der Waals surface area contributed by atoms with E-state index in [2.05, 4.69) is 20.8 Å². The van der Waals surface area contributed by atoms with Crippen molar-refractivity contribution in [1.82, 2.24) is 0 Å². The molecule has 0 bridgehead atoms. The molecule has 0 aliphatic carbocycles. The number of hydrogen-bond donors (Lipinski definition) is 1. The van der Waals surface area contributed by atoms with Crippen LogP contribution in [-0.4, -0.2) is 31.4 Å². The molecule has 0 aliphatic rings. The van der Waals surface area contributed by atoms with Crippen molar-refractivity contribution in [3.05, 3.63) is 28.8 Å². The fourth-order valence-electron chi connectivity index (χ4n) is 2.16. The topological polar surface area (TPSA) is 55.8 Å². The molecule has 0 saturated heterocycles. The summed E-state index contributed by atoms with van der Waals surface area (Å²) in [6, 6.07) is 3.93. The van der Waals surface area contributed by atoms with Crippen molar-refractivity contribution < 1.29 is 19.4 Å². The minimum atomic E-state index is -0.330. The first-order valence-corrected chi connectivity index (χ1v) is 6.74. The third-order valence-electron chi connectivity index (χ3n) is 3.05. The van der Waals surface area contributed by atoms with E-state index in [1.165, 1.54) is 0 Å². The second kappa shape index (κ2) is 6.75. The van der Waals surface area contributed by atoms with Crippen LogP contribution in [0.25, 0.3) is 0 Å². The molecule has 0 radical (unpaired) electrons. The van der Waals surface area contributed by atoms with Gasteiger partial charge in [0.05, 0.1) is 20.1 Å². The highest BCUT2D eigenvalue weighted by atomic mass is 16.5. The summed E-state index contributed by atoms with van der Waals surface area (Å²) >= 11 is 0. The van der Waals surface area contributed by atoms with Crippen molar-refractivity contribution in [2.45, 2.75) is 39.5 Å². The molecule has 4 nitrogen and oxygen atoms in total. The first-order chi connectivity index (χ1) is 9.29. The summed E-state index contributed by atoms with van der Waals surface area (Å²) in [5.74, 6) is 0.536. The Morgan fingerprint density at radius 2 is 1.95 bits per heavy atom. The highest BCUT2D eigenvalue weighted by Gasteiger charge is 2.21. The SMILES string of the molecule is COc1c(C)cc(CC(=O)OCCO)cc1C(C)(C)C. The van der Waals surface area contributed by atoms with E-state index in [4.69, 9.17) is 14.6 Å². The maximum atomic E-state index is 11.6. The van der Waals surface area contributed by atoms with E-state index in [1.807, 2.05) is 19.1 Å². The van der Waals surface area contributed by atoms with Crippen molar-refractivity contribution in [1.29, 1.82) is 0 Å². The van der Waals surface area contributed by atoms with Gasteiger partial charge >= 0.3 is 5.97 Å². The molecule has 1 aromatic carbocycles. The van der Waals surface area contributed by atoms with Crippen molar-refractivity contribution in [3.8, 4) is 5.75 Å². The minimum Gasteiger partial charge on any atom is -0.496 e. The Balaban J connectivity index is 3.05. The Labute approximate surface area is 120 Å². The lowest BCUT2D eigenvalue weighted by Gasteiger charge is -2.24. The van der Waals surface area contributed by atoms with Crippen LogP contribution in [-0.2, 0) is 21.4 Å². The zero-order valence-corrected chi connectivity index (χ0v) is 12.9. The third kappa shape index (κ3) is 4.23. The van der Waals surface area contributed by atoms with Crippen LogP contribution in [0.5, 0.6) is 5.75 Å². The summed E-state index contributed by atoms with van der Waals surface area (Å²) in [4.78, 5) is 11.6. The molecule has 0 spiro atoms. The number of benzene rings is 1. The molecule has 1 rings (SSSR count). The quantitative estimate of drug-likeness (QED) is 0.841. The lowest BCUT2D eigenvalue weighted by molar-refractivity contribution is -0.143. The first kappa shape index (κ1) is 16.5. The van der Waals surface area contributed by atoms with Gasteiger partial charge in [0.15, 0.2) is 0 Å². The minimum absolute atomic E-state index is 0.0418. The largest absolute Gasteiger partial charge is 0.496 e. The zero-order chi connectivity index (χ0) is 15.3. The van der Waals surface area contributed by atoms with Crippen LogP contribution in [0.3, 0.4) is 0 Å². The summed E-state index contributed by atoms with van der Waals surface area (Å²) in [6.45, 7) is 8.19. The van der Waals surface area contributed by atoms with Gasteiger partial charge in [-0.15, -0.1) is 0 Å². The van der Waals surface area contributed by atoms with Crippen LogP contribution >= 0.6 is 0 Å². The normalized spacial score (nSPS) is 11.3. The van der Waals surface area contributed by atoms with Crippen molar-refractivity contribution in [3.63, 3.8) is 0 Å². The second-order valence-electron chi connectivity index (χ2n) is 5.86. The maximum absolute atomic E-state index is 11.6. The molecule has 1 aromatic rings. The number of aliphatic hydroxyl groups excluding tert-OH is 1. The third-order valence-corrected chi connectivity index (χ3v) is 3.05. The van der Waals surface area contributed by atoms with E-state index in [1.54, 1.807) is 7.11 Å². The molecule has 0 unspecified atom stereocenters. The molecule has 0 atom stereocenters. The molecule has 112 valence electrons. The first-order valence-electron chi connectivity index (χ1n) is 6.74. The van der Waals surface area contributed by atoms with Crippen LogP contribution in [0.2, 0.25) is 0 Å². The van der Waals surface area contributed by atoms with Crippen LogP contribution in [0.4, 0.5) is 0 Å². The van der Waals surface area contributed by atoms with Crippen molar-refractivity contribution in [2.24, 2.45) is 0 Å². The molecule has 20 heavy (non-hydrogen) atoms. The van der Waals surface area contributed by atoms with Gasteiger partial charge in [-0.25, -0.2) is 0 Å². The molecule has 0 saturated carbocycles. The number of methoxy groups -OCH3 is 1. The molecule has 1 N–H and O–H groups in total. The number of esters is 1. The van der Waals surface area contributed by atoms with E-state index in [9.17, 15) is 4.79 Å². The Kier molecular flexibility index (Phi) is 5.57. The van der Waals surface area contributed by atoms with Gasteiger partial charge in [-0.05, 0) is 23.5 Å². The van der Waals surface area contributed by atoms with Gasteiger partial charge < -0.3 is 14.6 Å². The monoisotopic (exact) mass is 280 g/mol. The molecule has 0 aliphatic heterocycles. The van der Waals surface area contributed by atoms with Crippen molar-refractivity contribution >= 4 is 5.97 Å². The van der Waals surface area contributed by atoms with Crippen LogP contribution in [0, 0.1) is 6.92 Å². The summed E-state index contributed by atoms with van der Waals surface area (Å²) in [6.07, 6.45) is 0.202. The molecular weight excluding hydrogens is 256 g/mol. The predicted octanol–water partition coefficient (Wildman–Crippen LogP) is 2.38.